The number of benzene rings is 9. The number of aromatic nitrogens is 3. The summed E-state index contributed by atoms with van der Waals surface area (Å²) < 4.78 is 0. The summed E-state index contributed by atoms with van der Waals surface area (Å²) in [5.74, 6) is 1.91. The lowest BCUT2D eigenvalue weighted by molar-refractivity contribution is 0.753. The van der Waals surface area contributed by atoms with E-state index >= 15 is 0 Å². The van der Waals surface area contributed by atoms with E-state index in [1.54, 1.807) is 0 Å². The Morgan fingerprint density at radius 3 is 1.35 bits per heavy atom. The molecule has 1 aliphatic carbocycles. The molecular weight excluding hydrogens is 753 g/mol. The molecule has 1 aliphatic heterocycles. The second-order valence-corrected chi connectivity index (χ2v) is 16.0. The maximum atomic E-state index is 5.11. The summed E-state index contributed by atoms with van der Waals surface area (Å²) in [5, 5.41) is 0. The molecule has 0 fully saturated rings. The second-order valence-electron chi connectivity index (χ2n) is 16.0. The third-order valence-electron chi connectivity index (χ3n) is 12.5. The molecule has 0 unspecified atom stereocenters. The maximum Gasteiger partial charge on any atom is 0.164 e. The van der Waals surface area contributed by atoms with Gasteiger partial charge in [-0.2, -0.15) is 0 Å². The molecule has 290 valence electrons. The molecule has 2 aliphatic rings. The van der Waals surface area contributed by atoms with Crippen LogP contribution in [0.4, 0.5) is 17.1 Å². The number of rotatable bonds is 6. The molecule has 0 amide bonds. The molecule has 9 aromatic carbocycles. The molecule has 10 aromatic rings. The van der Waals surface area contributed by atoms with Crippen molar-refractivity contribution < 1.29 is 0 Å². The normalized spacial score (nSPS) is 12.9. The van der Waals surface area contributed by atoms with E-state index in [0.29, 0.717) is 17.5 Å². The van der Waals surface area contributed by atoms with Crippen LogP contribution in [0.15, 0.2) is 231 Å². The van der Waals surface area contributed by atoms with Crippen molar-refractivity contribution in [1.82, 2.24) is 15.0 Å². The number of nitrogens with zero attached hydrogens (tertiary/aromatic N) is 4. The van der Waals surface area contributed by atoms with E-state index < -0.39 is 5.41 Å². The summed E-state index contributed by atoms with van der Waals surface area (Å²) >= 11 is 0. The zero-order chi connectivity index (χ0) is 41.0. The van der Waals surface area contributed by atoms with Crippen LogP contribution in [0.2, 0.25) is 0 Å². The fourth-order valence-corrected chi connectivity index (χ4v) is 9.77. The minimum Gasteiger partial charge on any atom is -0.310 e. The highest BCUT2D eigenvalue weighted by molar-refractivity contribution is 5.96. The Morgan fingerprint density at radius 2 is 0.694 bits per heavy atom. The predicted molar refractivity (Wildman–Crippen MR) is 253 cm³/mol. The van der Waals surface area contributed by atoms with Crippen LogP contribution < -0.4 is 4.90 Å². The largest absolute Gasteiger partial charge is 0.310 e. The predicted octanol–water partition coefficient (Wildman–Crippen LogP) is 14.4. The van der Waals surface area contributed by atoms with Crippen LogP contribution in [0.25, 0.3) is 67.5 Å². The molecule has 0 radical (unpaired) electrons. The van der Waals surface area contributed by atoms with Crippen LogP contribution in [0, 0.1) is 0 Å². The maximum absolute atomic E-state index is 5.11. The van der Waals surface area contributed by atoms with Gasteiger partial charge in [-0.3, -0.25) is 0 Å². The lowest BCUT2D eigenvalue weighted by Gasteiger charge is -2.45. The zero-order valence-corrected chi connectivity index (χ0v) is 33.7. The van der Waals surface area contributed by atoms with E-state index in [1.165, 1.54) is 44.8 Å². The van der Waals surface area contributed by atoms with E-state index in [4.69, 9.17) is 15.0 Å². The molecule has 1 aromatic heterocycles. The zero-order valence-electron chi connectivity index (χ0n) is 33.7. The molecule has 62 heavy (non-hydrogen) atoms. The fourth-order valence-electron chi connectivity index (χ4n) is 9.77. The van der Waals surface area contributed by atoms with Gasteiger partial charge in [-0.1, -0.05) is 194 Å². The van der Waals surface area contributed by atoms with Gasteiger partial charge in [-0.25, -0.2) is 15.0 Å². The number of hydrogen-bond acceptors (Lipinski definition) is 4. The third kappa shape index (κ3) is 5.65. The molecule has 12 rings (SSSR count). The summed E-state index contributed by atoms with van der Waals surface area (Å²) in [7, 11) is 0. The van der Waals surface area contributed by atoms with E-state index in [1.807, 2.05) is 36.4 Å². The molecule has 0 saturated carbocycles. The van der Waals surface area contributed by atoms with Crippen molar-refractivity contribution in [2.75, 3.05) is 4.90 Å². The summed E-state index contributed by atoms with van der Waals surface area (Å²) in [5.41, 5.74) is 18.0. The minimum absolute atomic E-state index is 0.521. The van der Waals surface area contributed by atoms with Crippen molar-refractivity contribution in [3.8, 4) is 67.5 Å². The van der Waals surface area contributed by atoms with Crippen molar-refractivity contribution in [2.45, 2.75) is 5.41 Å². The third-order valence-corrected chi connectivity index (χ3v) is 12.5. The quantitative estimate of drug-likeness (QED) is 0.168. The fraction of sp³-hybridized carbons (Fsp3) is 0.0172. The summed E-state index contributed by atoms with van der Waals surface area (Å²) in [6, 6.07) is 82.4. The van der Waals surface area contributed by atoms with Crippen LogP contribution in [0.3, 0.4) is 0 Å². The van der Waals surface area contributed by atoms with Crippen molar-refractivity contribution >= 4 is 17.1 Å². The van der Waals surface area contributed by atoms with Crippen molar-refractivity contribution in [3.05, 3.63) is 253 Å². The topological polar surface area (TPSA) is 41.9 Å². The summed E-state index contributed by atoms with van der Waals surface area (Å²) in [6.07, 6.45) is 0. The molecule has 0 N–H and O–H groups in total. The Bertz CT molecular complexity index is 3240. The molecule has 2 heterocycles. The molecule has 0 saturated heterocycles. The van der Waals surface area contributed by atoms with Crippen molar-refractivity contribution in [1.29, 1.82) is 0 Å². The highest BCUT2D eigenvalue weighted by Gasteiger charge is 2.51. The molecule has 0 bridgehead atoms. The molecule has 4 heteroatoms. The average molecular weight is 791 g/mol. The molecular formula is C58H38N4. The average Bonchev–Trinajstić information content (AvgIpc) is 3.65. The minimum atomic E-state index is -0.521. The van der Waals surface area contributed by atoms with E-state index in [-0.39, 0.29) is 0 Å². The lowest BCUT2D eigenvalue weighted by atomic mass is 9.64. The van der Waals surface area contributed by atoms with Gasteiger partial charge in [0.15, 0.2) is 17.5 Å². The highest BCUT2D eigenvalue weighted by atomic mass is 15.2. The van der Waals surface area contributed by atoms with Gasteiger partial charge in [0.2, 0.25) is 0 Å². The van der Waals surface area contributed by atoms with Crippen LogP contribution >= 0.6 is 0 Å². The van der Waals surface area contributed by atoms with Crippen LogP contribution in [0.5, 0.6) is 0 Å². The van der Waals surface area contributed by atoms with Gasteiger partial charge in [0.05, 0.1) is 16.8 Å². The lowest BCUT2D eigenvalue weighted by Crippen LogP contribution is -2.36. The standard InChI is InChI=1S/C58H38N4/c1-4-17-39(18-5-1)43-21-16-22-45(37-43)57-60-55(41-19-6-2-7-20-41)59-56(61-57)42-33-31-40(32-34-42)44-35-36-48-47-25-10-11-26-49(47)58(52(48)38-44)50-27-12-14-29-53(50)62(46-23-8-3-9-24-46)54-30-15-13-28-51(54)58/h1-38H. The van der Waals surface area contributed by atoms with Gasteiger partial charge in [-0.05, 0) is 92.0 Å². The summed E-state index contributed by atoms with van der Waals surface area (Å²) in [6.45, 7) is 0. The number of fused-ring (bicyclic) bond motifs is 9. The van der Waals surface area contributed by atoms with Gasteiger partial charge in [-0.15, -0.1) is 0 Å². The van der Waals surface area contributed by atoms with E-state index in [2.05, 4.69) is 199 Å². The van der Waals surface area contributed by atoms with Gasteiger partial charge in [0.25, 0.3) is 0 Å². The van der Waals surface area contributed by atoms with Crippen molar-refractivity contribution in [2.24, 2.45) is 0 Å². The Hall–Kier alpha value is -8.21. The number of anilines is 3. The van der Waals surface area contributed by atoms with Crippen molar-refractivity contribution in [3.63, 3.8) is 0 Å². The summed E-state index contributed by atoms with van der Waals surface area (Å²) in [4.78, 5) is 17.6. The van der Waals surface area contributed by atoms with Crippen LogP contribution in [0.1, 0.15) is 22.3 Å². The van der Waals surface area contributed by atoms with Crippen LogP contribution in [-0.4, -0.2) is 15.0 Å². The Balaban J connectivity index is 0.984. The molecule has 1 spiro atoms. The van der Waals surface area contributed by atoms with E-state index in [9.17, 15) is 0 Å². The number of hydrogen-bond donors (Lipinski definition) is 0. The highest BCUT2D eigenvalue weighted by Crippen LogP contribution is 2.63. The van der Waals surface area contributed by atoms with Gasteiger partial charge < -0.3 is 4.90 Å². The van der Waals surface area contributed by atoms with Crippen LogP contribution in [-0.2, 0) is 5.41 Å². The Morgan fingerprint density at radius 1 is 0.274 bits per heavy atom. The molecule has 4 nitrogen and oxygen atoms in total. The molecule has 0 atom stereocenters. The first-order valence-electron chi connectivity index (χ1n) is 21.1. The first-order valence-corrected chi connectivity index (χ1v) is 21.1. The monoisotopic (exact) mass is 790 g/mol. The first-order chi connectivity index (χ1) is 30.7. The van der Waals surface area contributed by atoms with Gasteiger partial charge in [0, 0.05) is 22.4 Å². The number of para-hydroxylation sites is 3. The van der Waals surface area contributed by atoms with Gasteiger partial charge >= 0.3 is 0 Å². The first kappa shape index (κ1) is 35.7. The second kappa shape index (κ2) is 14.5. The Labute approximate surface area is 361 Å². The van der Waals surface area contributed by atoms with E-state index in [0.717, 1.165) is 44.6 Å². The Kier molecular flexibility index (Phi) is 8.36. The van der Waals surface area contributed by atoms with Gasteiger partial charge in [0.1, 0.15) is 0 Å². The smallest absolute Gasteiger partial charge is 0.164 e. The SMILES string of the molecule is c1ccc(-c2cccc(-c3nc(-c4ccccc4)nc(-c4ccc(-c5ccc6c(c5)C5(c7ccccc7-6)c6ccccc6N(c6ccccc6)c6ccccc65)cc4)n3)c2)cc1.